The zero-order chi connectivity index (χ0) is 22.2. The molecular weight excluding hydrogens is 416 g/mol. The van der Waals surface area contributed by atoms with Crippen LogP contribution in [0.2, 0.25) is 0 Å². The molecule has 2 fully saturated rings. The summed E-state index contributed by atoms with van der Waals surface area (Å²) in [5.41, 5.74) is 5.27. The van der Waals surface area contributed by atoms with Crippen LogP contribution in [-0.4, -0.2) is 30.7 Å². The van der Waals surface area contributed by atoms with E-state index in [0.717, 1.165) is 27.9 Å². The Hall–Kier alpha value is -2.86. The molecular formula is C26H30N4OS. The van der Waals surface area contributed by atoms with Gasteiger partial charge in [0.25, 0.3) is 0 Å². The highest BCUT2D eigenvalue weighted by Crippen LogP contribution is 2.44. The lowest BCUT2D eigenvalue weighted by Crippen LogP contribution is -2.40. The van der Waals surface area contributed by atoms with E-state index in [1.54, 1.807) is 6.07 Å². The number of para-hydroxylation sites is 2. The van der Waals surface area contributed by atoms with E-state index >= 15 is 0 Å². The van der Waals surface area contributed by atoms with Gasteiger partial charge in [0.1, 0.15) is 5.75 Å². The van der Waals surface area contributed by atoms with E-state index in [-0.39, 0.29) is 17.8 Å². The van der Waals surface area contributed by atoms with Crippen molar-refractivity contribution in [3.05, 3.63) is 77.4 Å². The summed E-state index contributed by atoms with van der Waals surface area (Å²) in [5.74, 6) is 0.284. The molecule has 0 radical (unpaired) electrons. The van der Waals surface area contributed by atoms with Crippen LogP contribution in [0.5, 0.6) is 5.75 Å². The van der Waals surface area contributed by atoms with E-state index in [0.29, 0.717) is 6.04 Å². The predicted octanol–water partition coefficient (Wildman–Crippen LogP) is 5.50. The maximum atomic E-state index is 10.5. The van der Waals surface area contributed by atoms with Crippen molar-refractivity contribution in [2.45, 2.75) is 64.1 Å². The van der Waals surface area contributed by atoms with Crippen molar-refractivity contribution in [2.75, 3.05) is 0 Å². The van der Waals surface area contributed by atoms with Gasteiger partial charge in [-0.2, -0.15) is 0 Å². The minimum absolute atomic E-state index is 0.0102. The molecule has 2 aliphatic rings. The quantitative estimate of drug-likeness (QED) is 0.518. The standard InChI is InChI=1S/C26H30N4OS/c1-17-16-20(18(2)29(17)22-13-6-7-14-23(22)31)25-24(21-12-8-9-15-27-21)28-26(32)30(25)19-10-4-3-5-11-19/h6-9,12-16,19,24-25,31H,3-5,10-11H2,1-2H3,(H,28,32)/t24-,25+/m0/s1. The molecule has 32 heavy (non-hydrogen) atoms. The van der Waals surface area contributed by atoms with Gasteiger partial charge in [-0.3, -0.25) is 4.98 Å². The monoisotopic (exact) mass is 446 g/mol. The van der Waals surface area contributed by atoms with Crippen LogP contribution < -0.4 is 5.32 Å². The van der Waals surface area contributed by atoms with Gasteiger partial charge >= 0.3 is 0 Å². The normalized spacial score (nSPS) is 21.7. The maximum Gasteiger partial charge on any atom is 0.170 e. The van der Waals surface area contributed by atoms with Gasteiger partial charge in [-0.05, 0) is 74.8 Å². The molecule has 5 rings (SSSR count). The largest absolute Gasteiger partial charge is 0.506 e. The summed E-state index contributed by atoms with van der Waals surface area (Å²) in [4.78, 5) is 7.14. The second-order valence-corrected chi connectivity index (χ2v) is 9.36. The molecule has 2 aromatic heterocycles. The average molecular weight is 447 g/mol. The molecule has 1 aliphatic heterocycles. The molecule has 1 saturated heterocycles. The molecule has 0 amide bonds. The van der Waals surface area contributed by atoms with Crippen LogP contribution in [0.25, 0.3) is 5.69 Å². The molecule has 5 nitrogen and oxygen atoms in total. The van der Waals surface area contributed by atoms with Crippen LogP contribution in [0.3, 0.4) is 0 Å². The highest BCUT2D eigenvalue weighted by atomic mass is 32.1. The number of thiocarbonyl (C=S) groups is 1. The third kappa shape index (κ3) is 3.56. The van der Waals surface area contributed by atoms with Crippen molar-refractivity contribution in [3.8, 4) is 11.4 Å². The third-order valence-corrected chi connectivity index (χ3v) is 7.34. The smallest absolute Gasteiger partial charge is 0.170 e. The highest BCUT2D eigenvalue weighted by Gasteiger charge is 2.44. The first-order valence-corrected chi connectivity index (χ1v) is 11.9. The number of hydrogen-bond donors (Lipinski definition) is 2. The fourth-order valence-electron chi connectivity index (χ4n) is 5.56. The summed E-state index contributed by atoms with van der Waals surface area (Å²) in [5, 5.41) is 15.0. The fraction of sp³-hybridized carbons (Fsp3) is 0.385. The highest BCUT2D eigenvalue weighted by molar-refractivity contribution is 7.80. The van der Waals surface area contributed by atoms with E-state index in [4.69, 9.17) is 12.2 Å². The summed E-state index contributed by atoms with van der Waals surface area (Å²) in [6.07, 6.45) is 8.01. The number of nitrogens with zero attached hydrogens (tertiary/aromatic N) is 3. The minimum Gasteiger partial charge on any atom is -0.506 e. The first-order chi connectivity index (χ1) is 15.6. The molecule has 0 spiro atoms. The van der Waals surface area contributed by atoms with Crippen molar-refractivity contribution >= 4 is 17.3 Å². The predicted molar refractivity (Wildman–Crippen MR) is 131 cm³/mol. The van der Waals surface area contributed by atoms with Gasteiger partial charge in [-0.25, -0.2) is 0 Å². The molecule has 1 aliphatic carbocycles. The Morgan fingerprint density at radius 2 is 1.78 bits per heavy atom. The molecule has 0 bridgehead atoms. The summed E-state index contributed by atoms with van der Waals surface area (Å²) < 4.78 is 2.15. The van der Waals surface area contributed by atoms with Crippen LogP contribution in [0.1, 0.15) is 66.8 Å². The van der Waals surface area contributed by atoms with Crippen molar-refractivity contribution in [2.24, 2.45) is 0 Å². The molecule has 166 valence electrons. The van der Waals surface area contributed by atoms with Crippen LogP contribution >= 0.6 is 12.2 Å². The van der Waals surface area contributed by atoms with Gasteiger partial charge in [0.2, 0.25) is 0 Å². The number of hydrogen-bond acceptors (Lipinski definition) is 3. The average Bonchev–Trinajstić information content (AvgIpc) is 3.31. The Kier molecular flexibility index (Phi) is 5.64. The third-order valence-electron chi connectivity index (χ3n) is 7.01. The van der Waals surface area contributed by atoms with E-state index in [2.05, 4.69) is 45.7 Å². The van der Waals surface area contributed by atoms with E-state index in [1.165, 1.54) is 37.7 Å². The summed E-state index contributed by atoms with van der Waals surface area (Å²) >= 11 is 5.91. The van der Waals surface area contributed by atoms with Gasteiger partial charge in [0.15, 0.2) is 5.11 Å². The molecule has 0 unspecified atom stereocenters. The SMILES string of the molecule is Cc1cc([C@@H]2[C@H](c3ccccn3)NC(=S)N2C2CCCCC2)c(C)n1-c1ccccc1O. The number of benzene rings is 1. The lowest BCUT2D eigenvalue weighted by atomic mass is 9.90. The molecule has 1 aromatic carbocycles. The topological polar surface area (TPSA) is 53.3 Å². The Bertz CT molecular complexity index is 1120. The van der Waals surface area contributed by atoms with Crippen LogP contribution in [-0.2, 0) is 0 Å². The Balaban J connectivity index is 1.64. The summed E-state index contributed by atoms with van der Waals surface area (Å²) in [7, 11) is 0. The first kappa shape index (κ1) is 21.0. The van der Waals surface area contributed by atoms with Crippen molar-refractivity contribution < 1.29 is 5.11 Å². The zero-order valence-electron chi connectivity index (χ0n) is 18.7. The van der Waals surface area contributed by atoms with E-state index < -0.39 is 0 Å². The number of aromatic hydroxyl groups is 1. The van der Waals surface area contributed by atoms with Crippen LogP contribution in [0.4, 0.5) is 0 Å². The van der Waals surface area contributed by atoms with Gasteiger partial charge < -0.3 is 19.9 Å². The number of rotatable bonds is 4. The number of aromatic nitrogens is 2. The number of pyridine rings is 1. The lowest BCUT2D eigenvalue weighted by Gasteiger charge is -2.37. The number of phenols is 1. The summed E-state index contributed by atoms with van der Waals surface area (Å²) in [6.45, 7) is 4.25. The first-order valence-electron chi connectivity index (χ1n) is 11.5. The molecule has 3 heterocycles. The van der Waals surface area contributed by atoms with Gasteiger partial charge in [-0.1, -0.05) is 37.5 Å². The fourth-order valence-corrected chi connectivity index (χ4v) is 5.95. The van der Waals surface area contributed by atoms with E-state index in [1.807, 2.05) is 36.5 Å². The van der Waals surface area contributed by atoms with Crippen LogP contribution in [0.15, 0.2) is 54.7 Å². The Labute approximate surface area is 195 Å². The lowest BCUT2D eigenvalue weighted by molar-refractivity contribution is 0.197. The Morgan fingerprint density at radius 1 is 1.03 bits per heavy atom. The van der Waals surface area contributed by atoms with Crippen LogP contribution in [0, 0.1) is 13.8 Å². The number of phenolic OH excluding ortho intramolecular Hbond substituents is 1. The Morgan fingerprint density at radius 3 is 2.50 bits per heavy atom. The van der Waals surface area contributed by atoms with Gasteiger partial charge in [0, 0.05) is 23.6 Å². The van der Waals surface area contributed by atoms with Gasteiger partial charge in [-0.15, -0.1) is 0 Å². The number of nitrogens with one attached hydrogen (secondary N) is 1. The van der Waals surface area contributed by atoms with Crippen molar-refractivity contribution in [3.63, 3.8) is 0 Å². The van der Waals surface area contributed by atoms with Crippen molar-refractivity contribution in [1.82, 2.24) is 19.8 Å². The molecule has 2 N–H and O–H groups in total. The van der Waals surface area contributed by atoms with E-state index in [9.17, 15) is 5.11 Å². The maximum absolute atomic E-state index is 10.5. The number of aryl methyl sites for hydroxylation is 1. The van der Waals surface area contributed by atoms with Crippen molar-refractivity contribution in [1.29, 1.82) is 0 Å². The molecule has 1 saturated carbocycles. The van der Waals surface area contributed by atoms with Gasteiger partial charge in [0.05, 0.1) is 23.5 Å². The molecule has 3 aromatic rings. The minimum atomic E-state index is -0.0102. The molecule has 6 heteroatoms. The molecule has 2 atom stereocenters. The second kappa shape index (κ2) is 8.58. The summed E-state index contributed by atoms with van der Waals surface area (Å²) in [6, 6.07) is 16.4. The second-order valence-electron chi connectivity index (χ2n) is 8.98. The zero-order valence-corrected chi connectivity index (χ0v) is 19.5.